The van der Waals surface area contributed by atoms with Gasteiger partial charge in [0.25, 0.3) is 0 Å². The Bertz CT molecular complexity index is 599. The van der Waals surface area contributed by atoms with Gasteiger partial charge in [-0.1, -0.05) is 6.07 Å². The molecule has 0 bridgehead atoms. The van der Waals surface area contributed by atoms with Crippen molar-refractivity contribution >= 4 is 39.1 Å². The van der Waals surface area contributed by atoms with E-state index in [1.165, 1.54) is 29.6 Å². The molecule has 0 N–H and O–H groups in total. The van der Waals surface area contributed by atoms with E-state index in [1.807, 2.05) is 11.4 Å². The van der Waals surface area contributed by atoms with Gasteiger partial charge in [-0.3, -0.25) is 4.79 Å². The van der Waals surface area contributed by atoms with Gasteiger partial charge in [0, 0.05) is 14.7 Å². The summed E-state index contributed by atoms with van der Waals surface area (Å²) in [5, 5.41) is 1.85. The quantitative estimate of drug-likeness (QED) is 0.590. The van der Waals surface area contributed by atoms with Crippen molar-refractivity contribution < 1.29 is 13.6 Å². The van der Waals surface area contributed by atoms with E-state index >= 15 is 0 Å². The highest BCUT2D eigenvalue weighted by Gasteiger charge is 2.14. The van der Waals surface area contributed by atoms with Gasteiger partial charge in [-0.2, -0.15) is 0 Å². The first-order chi connectivity index (χ1) is 8.58. The summed E-state index contributed by atoms with van der Waals surface area (Å²) in [6, 6.07) is 5.16. The van der Waals surface area contributed by atoms with Crippen LogP contribution in [0.3, 0.4) is 0 Å². The molecule has 1 aromatic heterocycles. The molecule has 0 radical (unpaired) electrons. The predicted molar refractivity (Wildman–Crippen MR) is 71.7 cm³/mol. The first-order valence-corrected chi connectivity index (χ1v) is 6.65. The molecule has 0 saturated carbocycles. The van der Waals surface area contributed by atoms with Crippen molar-refractivity contribution in [3.8, 4) is 0 Å². The Hall–Kier alpha value is -1.33. The Morgan fingerprint density at radius 2 is 1.94 bits per heavy atom. The van der Waals surface area contributed by atoms with Crippen LogP contribution in [0.15, 0.2) is 40.2 Å². The zero-order valence-electron chi connectivity index (χ0n) is 8.99. The van der Waals surface area contributed by atoms with Gasteiger partial charge < -0.3 is 0 Å². The second-order valence-electron chi connectivity index (χ2n) is 3.46. The summed E-state index contributed by atoms with van der Waals surface area (Å²) in [6.07, 6.45) is 2.70. The number of carbonyl (C=O) groups is 1. The normalized spacial score (nSPS) is 11.1. The molecule has 0 saturated heterocycles. The first-order valence-electron chi connectivity index (χ1n) is 4.98. The van der Waals surface area contributed by atoms with Crippen LogP contribution in [0.25, 0.3) is 6.08 Å². The van der Waals surface area contributed by atoms with Crippen LogP contribution in [0.2, 0.25) is 0 Å². The van der Waals surface area contributed by atoms with Crippen molar-refractivity contribution in [1.82, 2.24) is 0 Å². The summed E-state index contributed by atoms with van der Waals surface area (Å²) in [6.45, 7) is 0. The second kappa shape index (κ2) is 5.54. The molecule has 0 fully saturated rings. The van der Waals surface area contributed by atoms with E-state index < -0.39 is 23.0 Å². The van der Waals surface area contributed by atoms with Gasteiger partial charge in [-0.25, -0.2) is 8.78 Å². The lowest BCUT2D eigenvalue weighted by Gasteiger charge is -1.99. The Morgan fingerprint density at radius 3 is 2.50 bits per heavy atom. The van der Waals surface area contributed by atoms with Crippen LogP contribution < -0.4 is 0 Å². The molecule has 18 heavy (non-hydrogen) atoms. The van der Waals surface area contributed by atoms with Gasteiger partial charge in [-0.05, 0) is 46.3 Å². The van der Waals surface area contributed by atoms with Crippen LogP contribution >= 0.6 is 27.3 Å². The summed E-state index contributed by atoms with van der Waals surface area (Å²) >= 11 is 4.70. The molecule has 0 spiro atoms. The molecular formula is C13H7BrF2OS. The smallest absolute Gasteiger partial charge is 0.191 e. The Morgan fingerprint density at radius 1 is 1.28 bits per heavy atom. The maximum Gasteiger partial charge on any atom is 0.191 e. The number of allylic oxidation sites excluding steroid dienone is 1. The van der Waals surface area contributed by atoms with Crippen LogP contribution in [0.4, 0.5) is 8.78 Å². The average Bonchev–Trinajstić information content (AvgIpc) is 2.72. The SMILES string of the molecule is O=C(C=Cc1cc(Br)cs1)c1c(F)cccc1F. The molecule has 1 aromatic carbocycles. The topological polar surface area (TPSA) is 17.1 Å². The van der Waals surface area contributed by atoms with Crippen molar-refractivity contribution in [2.24, 2.45) is 0 Å². The standard InChI is InChI=1S/C13H7BrF2OS/c14-8-6-9(18-7-8)4-5-12(17)13-10(15)2-1-3-11(13)16/h1-7H. The van der Waals surface area contributed by atoms with Crippen LogP contribution in [0.5, 0.6) is 0 Å². The van der Waals surface area contributed by atoms with Gasteiger partial charge in [0.05, 0.1) is 5.56 Å². The molecule has 5 heteroatoms. The fourth-order valence-electron chi connectivity index (χ4n) is 1.39. The fourth-order valence-corrected chi connectivity index (χ4v) is 2.73. The maximum absolute atomic E-state index is 13.3. The maximum atomic E-state index is 13.3. The third-order valence-electron chi connectivity index (χ3n) is 2.20. The minimum Gasteiger partial charge on any atom is -0.289 e. The van der Waals surface area contributed by atoms with Gasteiger partial charge in [-0.15, -0.1) is 11.3 Å². The molecular weight excluding hydrogens is 322 g/mol. The van der Waals surface area contributed by atoms with Crippen LogP contribution in [-0.4, -0.2) is 5.78 Å². The highest BCUT2D eigenvalue weighted by atomic mass is 79.9. The summed E-state index contributed by atoms with van der Waals surface area (Å²) in [5.41, 5.74) is -0.524. The number of carbonyl (C=O) groups excluding carboxylic acids is 1. The number of thiophene rings is 1. The number of hydrogen-bond donors (Lipinski definition) is 0. The zero-order valence-corrected chi connectivity index (χ0v) is 11.4. The fraction of sp³-hybridized carbons (Fsp3) is 0. The van der Waals surface area contributed by atoms with Gasteiger partial charge in [0.15, 0.2) is 5.78 Å². The van der Waals surface area contributed by atoms with E-state index in [1.54, 1.807) is 0 Å². The second-order valence-corrected chi connectivity index (χ2v) is 5.32. The molecule has 2 rings (SSSR count). The number of halogens is 3. The highest BCUT2D eigenvalue weighted by Crippen LogP contribution is 2.21. The number of hydrogen-bond acceptors (Lipinski definition) is 2. The van der Waals surface area contributed by atoms with Crippen molar-refractivity contribution in [2.75, 3.05) is 0 Å². The van der Waals surface area contributed by atoms with Gasteiger partial charge in [0.2, 0.25) is 0 Å². The van der Waals surface area contributed by atoms with E-state index in [2.05, 4.69) is 15.9 Å². The lowest BCUT2D eigenvalue weighted by atomic mass is 10.1. The van der Waals surface area contributed by atoms with E-state index in [-0.39, 0.29) is 0 Å². The van der Waals surface area contributed by atoms with Crippen molar-refractivity contribution in [2.45, 2.75) is 0 Å². The third kappa shape index (κ3) is 2.91. The lowest BCUT2D eigenvalue weighted by Crippen LogP contribution is -2.02. The minimum absolute atomic E-state index is 0.524. The van der Waals surface area contributed by atoms with Crippen molar-refractivity contribution in [1.29, 1.82) is 0 Å². The molecule has 92 valence electrons. The summed E-state index contributed by atoms with van der Waals surface area (Å²) in [4.78, 5) is 12.5. The molecule has 2 aromatic rings. The molecule has 0 amide bonds. The van der Waals surface area contributed by atoms with E-state index in [0.717, 1.165) is 21.5 Å². The van der Waals surface area contributed by atoms with E-state index in [4.69, 9.17) is 0 Å². The number of ketones is 1. The number of rotatable bonds is 3. The van der Waals surface area contributed by atoms with Crippen LogP contribution in [0.1, 0.15) is 15.2 Å². The first kappa shape index (κ1) is 13.1. The molecule has 0 aliphatic carbocycles. The average molecular weight is 329 g/mol. The molecule has 0 aliphatic heterocycles. The summed E-state index contributed by atoms with van der Waals surface area (Å²) in [5.74, 6) is -2.39. The predicted octanol–water partition coefficient (Wildman–Crippen LogP) is 4.68. The van der Waals surface area contributed by atoms with Gasteiger partial charge >= 0.3 is 0 Å². The van der Waals surface area contributed by atoms with Gasteiger partial charge in [0.1, 0.15) is 11.6 Å². The molecule has 1 heterocycles. The van der Waals surface area contributed by atoms with E-state index in [9.17, 15) is 13.6 Å². The van der Waals surface area contributed by atoms with E-state index in [0.29, 0.717) is 0 Å². The minimum atomic E-state index is -0.850. The highest BCUT2D eigenvalue weighted by molar-refractivity contribution is 9.10. The Kier molecular flexibility index (Phi) is 4.04. The Labute approximate surface area is 115 Å². The zero-order chi connectivity index (χ0) is 13.1. The molecule has 0 unspecified atom stereocenters. The molecule has 1 nitrogen and oxygen atoms in total. The van der Waals surface area contributed by atoms with Crippen molar-refractivity contribution in [3.63, 3.8) is 0 Å². The Balaban J connectivity index is 2.25. The van der Waals surface area contributed by atoms with Crippen molar-refractivity contribution in [3.05, 3.63) is 62.3 Å². The largest absolute Gasteiger partial charge is 0.289 e. The monoisotopic (exact) mass is 328 g/mol. The summed E-state index contributed by atoms with van der Waals surface area (Å²) < 4.78 is 27.6. The lowest BCUT2D eigenvalue weighted by molar-refractivity contribution is 0.104. The van der Waals surface area contributed by atoms with Crippen LogP contribution in [0, 0.1) is 11.6 Å². The molecule has 0 aliphatic rings. The van der Waals surface area contributed by atoms with Crippen LogP contribution in [-0.2, 0) is 0 Å². The molecule has 0 atom stereocenters. The number of benzene rings is 1. The summed E-state index contributed by atoms with van der Waals surface area (Å²) in [7, 11) is 0. The third-order valence-corrected chi connectivity index (χ3v) is 3.85.